The molecule has 1 N–H and O–H groups in total. The molecule has 0 aliphatic carbocycles. The van der Waals surface area contributed by atoms with Crippen LogP contribution < -0.4 is 5.32 Å². The van der Waals surface area contributed by atoms with Crippen LogP contribution in [-0.4, -0.2) is 43.6 Å². The highest BCUT2D eigenvalue weighted by Gasteiger charge is 2.15. The first-order valence-electron chi connectivity index (χ1n) is 7.89. The third-order valence-corrected chi connectivity index (χ3v) is 3.88. The van der Waals surface area contributed by atoms with Gasteiger partial charge in [-0.15, -0.1) is 0 Å². The Labute approximate surface area is 127 Å². The maximum atomic E-state index is 11.9. The minimum atomic E-state index is -0.132. The molecule has 4 heteroatoms. The lowest BCUT2D eigenvalue weighted by Gasteiger charge is -2.16. The number of nitrogens with one attached hydrogen (secondary N) is 1. The molecule has 1 fully saturated rings. The summed E-state index contributed by atoms with van der Waals surface area (Å²) in [5.74, 6) is -0.236. The maximum Gasteiger partial charge on any atom is 0.310 e. The summed E-state index contributed by atoms with van der Waals surface area (Å²) in [6.07, 6.45) is 2.64. The average molecular weight is 290 g/mol. The molecule has 2 rings (SSSR count). The Kier molecular flexibility index (Phi) is 6.70. The Balaban J connectivity index is 1.56. The van der Waals surface area contributed by atoms with Crippen LogP contribution in [0.25, 0.3) is 0 Å². The van der Waals surface area contributed by atoms with Crippen molar-refractivity contribution in [3.63, 3.8) is 0 Å². The van der Waals surface area contributed by atoms with Gasteiger partial charge in [-0.2, -0.15) is 0 Å². The number of nitrogens with zero attached hydrogens (tertiary/aromatic N) is 1. The lowest BCUT2D eigenvalue weighted by Crippen LogP contribution is -2.34. The van der Waals surface area contributed by atoms with Crippen LogP contribution >= 0.6 is 0 Å². The lowest BCUT2D eigenvalue weighted by molar-refractivity contribution is -0.149. The number of ether oxygens (including phenoxy) is 1. The zero-order chi connectivity index (χ0) is 14.9. The molecule has 0 saturated carbocycles. The smallest absolute Gasteiger partial charge is 0.310 e. The minimum Gasteiger partial charge on any atom is -0.461 e. The third kappa shape index (κ3) is 5.86. The van der Waals surface area contributed by atoms with Gasteiger partial charge in [-0.05, 0) is 31.5 Å². The first-order valence-corrected chi connectivity index (χ1v) is 7.89. The Bertz CT molecular complexity index is 416. The number of esters is 1. The highest BCUT2D eigenvalue weighted by Crippen LogP contribution is 2.06. The third-order valence-electron chi connectivity index (χ3n) is 3.88. The highest BCUT2D eigenvalue weighted by molar-refractivity contribution is 5.72. The Morgan fingerprint density at radius 1 is 1.29 bits per heavy atom. The molecule has 21 heavy (non-hydrogen) atoms. The summed E-state index contributed by atoms with van der Waals surface area (Å²) >= 11 is 0. The SMILES string of the molecule is CC(CNCCN1CCCC1)C(=O)OCc1ccccc1. The topological polar surface area (TPSA) is 41.6 Å². The molecule has 1 saturated heterocycles. The van der Waals surface area contributed by atoms with E-state index in [4.69, 9.17) is 4.74 Å². The second-order valence-electron chi connectivity index (χ2n) is 5.75. The molecule has 4 nitrogen and oxygen atoms in total. The standard InChI is InChI=1S/C17H26N2O2/c1-15(13-18-9-12-19-10-5-6-11-19)17(20)21-14-16-7-3-2-4-8-16/h2-4,7-8,15,18H,5-6,9-14H2,1H3. The lowest BCUT2D eigenvalue weighted by atomic mass is 10.2. The molecule has 1 aliphatic heterocycles. The van der Waals surface area contributed by atoms with Gasteiger partial charge in [0.1, 0.15) is 6.61 Å². The van der Waals surface area contributed by atoms with E-state index in [9.17, 15) is 4.79 Å². The number of hydrogen-bond donors (Lipinski definition) is 1. The van der Waals surface area contributed by atoms with Crippen LogP contribution in [0.1, 0.15) is 25.3 Å². The van der Waals surface area contributed by atoms with E-state index in [1.165, 1.54) is 25.9 Å². The van der Waals surface area contributed by atoms with Crippen molar-refractivity contribution >= 4 is 5.97 Å². The highest BCUT2D eigenvalue weighted by atomic mass is 16.5. The number of rotatable bonds is 8. The van der Waals surface area contributed by atoms with Gasteiger partial charge in [0, 0.05) is 19.6 Å². The summed E-state index contributed by atoms with van der Waals surface area (Å²) in [5.41, 5.74) is 1.03. The molecule has 1 aromatic carbocycles. The van der Waals surface area contributed by atoms with E-state index >= 15 is 0 Å². The largest absolute Gasteiger partial charge is 0.461 e. The molecular weight excluding hydrogens is 264 g/mol. The molecule has 1 aromatic rings. The number of carbonyl (C=O) groups excluding carboxylic acids is 1. The monoisotopic (exact) mass is 290 g/mol. The first-order chi connectivity index (χ1) is 10.3. The summed E-state index contributed by atoms with van der Waals surface area (Å²) in [6, 6.07) is 9.79. The number of likely N-dealkylation sites (tertiary alicyclic amines) is 1. The van der Waals surface area contributed by atoms with Gasteiger partial charge in [0.2, 0.25) is 0 Å². The Hall–Kier alpha value is -1.39. The molecule has 1 heterocycles. The molecule has 1 unspecified atom stereocenters. The van der Waals surface area contributed by atoms with Gasteiger partial charge in [-0.25, -0.2) is 0 Å². The Morgan fingerprint density at radius 2 is 2.00 bits per heavy atom. The van der Waals surface area contributed by atoms with Gasteiger partial charge in [-0.3, -0.25) is 4.79 Å². The number of benzene rings is 1. The van der Waals surface area contributed by atoms with Crippen molar-refractivity contribution in [2.75, 3.05) is 32.7 Å². The van der Waals surface area contributed by atoms with E-state index in [0.29, 0.717) is 13.2 Å². The van der Waals surface area contributed by atoms with Gasteiger partial charge in [-0.1, -0.05) is 37.3 Å². The molecule has 0 aromatic heterocycles. The second-order valence-corrected chi connectivity index (χ2v) is 5.75. The van der Waals surface area contributed by atoms with Crippen molar-refractivity contribution in [1.82, 2.24) is 10.2 Å². The van der Waals surface area contributed by atoms with Crippen LogP contribution in [0.15, 0.2) is 30.3 Å². The number of hydrogen-bond acceptors (Lipinski definition) is 4. The average Bonchev–Trinajstić information content (AvgIpc) is 3.03. The van der Waals surface area contributed by atoms with Crippen molar-refractivity contribution in [3.05, 3.63) is 35.9 Å². The van der Waals surface area contributed by atoms with Crippen molar-refractivity contribution in [2.24, 2.45) is 5.92 Å². The van der Waals surface area contributed by atoms with E-state index in [-0.39, 0.29) is 11.9 Å². The predicted octanol–water partition coefficient (Wildman–Crippen LogP) is 2.05. The van der Waals surface area contributed by atoms with Crippen LogP contribution in [0, 0.1) is 5.92 Å². The van der Waals surface area contributed by atoms with Crippen LogP contribution in [0.4, 0.5) is 0 Å². The van der Waals surface area contributed by atoms with Crippen LogP contribution in [0.5, 0.6) is 0 Å². The van der Waals surface area contributed by atoms with E-state index in [0.717, 1.165) is 18.7 Å². The van der Waals surface area contributed by atoms with Crippen molar-refractivity contribution in [1.29, 1.82) is 0 Å². The molecule has 0 bridgehead atoms. The summed E-state index contributed by atoms with van der Waals surface area (Å²) in [5, 5.41) is 3.35. The fraction of sp³-hybridized carbons (Fsp3) is 0.588. The minimum absolute atomic E-state index is 0.104. The molecule has 116 valence electrons. The van der Waals surface area contributed by atoms with E-state index in [1.54, 1.807) is 0 Å². The Morgan fingerprint density at radius 3 is 2.71 bits per heavy atom. The summed E-state index contributed by atoms with van der Waals surface area (Å²) in [6.45, 7) is 7.41. The van der Waals surface area contributed by atoms with Crippen molar-refractivity contribution < 1.29 is 9.53 Å². The second kappa shape index (κ2) is 8.80. The molecule has 0 amide bonds. The quantitative estimate of drug-likeness (QED) is 0.588. The van der Waals surface area contributed by atoms with E-state index in [2.05, 4.69) is 10.2 Å². The van der Waals surface area contributed by atoms with Gasteiger partial charge >= 0.3 is 5.97 Å². The molecule has 1 aliphatic rings. The summed E-state index contributed by atoms with van der Waals surface area (Å²) in [7, 11) is 0. The van der Waals surface area contributed by atoms with Crippen LogP contribution in [0.3, 0.4) is 0 Å². The van der Waals surface area contributed by atoms with Gasteiger partial charge in [0.25, 0.3) is 0 Å². The maximum absolute atomic E-state index is 11.9. The zero-order valence-corrected chi connectivity index (χ0v) is 12.9. The normalized spacial score (nSPS) is 16.8. The first kappa shape index (κ1) is 16.0. The molecular formula is C17H26N2O2. The van der Waals surface area contributed by atoms with Crippen LogP contribution in [0.2, 0.25) is 0 Å². The molecule has 0 spiro atoms. The van der Waals surface area contributed by atoms with Crippen LogP contribution in [-0.2, 0) is 16.1 Å². The van der Waals surface area contributed by atoms with E-state index < -0.39 is 0 Å². The molecule has 1 atom stereocenters. The fourth-order valence-electron chi connectivity index (χ4n) is 2.52. The van der Waals surface area contributed by atoms with Crippen molar-refractivity contribution in [2.45, 2.75) is 26.4 Å². The van der Waals surface area contributed by atoms with Gasteiger partial charge in [0.15, 0.2) is 0 Å². The summed E-state index contributed by atoms with van der Waals surface area (Å²) in [4.78, 5) is 14.4. The van der Waals surface area contributed by atoms with Crippen molar-refractivity contribution in [3.8, 4) is 0 Å². The van der Waals surface area contributed by atoms with Gasteiger partial charge in [0.05, 0.1) is 5.92 Å². The van der Waals surface area contributed by atoms with Gasteiger partial charge < -0.3 is 15.0 Å². The van der Waals surface area contributed by atoms with E-state index in [1.807, 2.05) is 37.3 Å². The predicted molar refractivity (Wildman–Crippen MR) is 83.9 cm³/mol. The number of carbonyl (C=O) groups is 1. The zero-order valence-electron chi connectivity index (χ0n) is 12.9. The fourth-order valence-corrected chi connectivity index (χ4v) is 2.52. The molecule has 0 radical (unpaired) electrons. The summed E-state index contributed by atoms with van der Waals surface area (Å²) < 4.78 is 5.33.